The molecule has 9 aromatic rings. The average Bonchev–Trinajstić information content (AvgIpc) is 3.56. The molecule has 3 heteroatoms. The first kappa shape index (κ1) is 29.9. The van der Waals surface area contributed by atoms with Crippen molar-refractivity contribution in [3.05, 3.63) is 188 Å². The lowest BCUT2D eigenvalue weighted by atomic mass is 9.93. The molecular formula is C49H31N3. The molecule has 0 bridgehead atoms. The summed E-state index contributed by atoms with van der Waals surface area (Å²) < 4.78 is 0. The Morgan fingerprint density at radius 2 is 0.846 bits per heavy atom. The predicted octanol–water partition coefficient (Wildman–Crippen LogP) is 12.7. The largest absolute Gasteiger partial charge is 0.264 e. The molecule has 0 aliphatic heterocycles. The quantitative estimate of drug-likeness (QED) is 0.178. The first-order valence-electron chi connectivity index (χ1n) is 17.6. The summed E-state index contributed by atoms with van der Waals surface area (Å²) in [5.74, 6) is 0.682. The minimum atomic E-state index is 0.682. The zero-order valence-corrected chi connectivity index (χ0v) is 28.2. The normalized spacial score (nSPS) is 11.5. The van der Waals surface area contributed by atoms with Gasteiger partial charge in [-0.2, -0.15) is 0 Å². The molecule has 52 heavy (non-hydrogen) atoms. The van der Waals surface area contributed by atoms with Gasteiger partial charge in [0, 0.05) is 34.6 Å². The first-order valence-corrected chi connectivity index (χ1v) is 17.6. The van der Waals surface area contributed by atoms with Crippen LogP contribution in [-0.4, -0.2) is 15.0 Å². The molecule has 0 N–H and O–H groups in total. The molecule has 2 heterocycles. The SMILES string of the molecule is c1ccc(-c2ccc(-c3cc(-c4ccc(-c5ccc6c7c(cccc57)-c5ccccc5-6)cc4)nc(-c4cccc(-c5cccnc5)c4)n3)cc2)cc1. The van der Waals surface area contributed by atoms with E-state index in [-0.39, 0.29) is 0 Å². The van der Waals surface area contributed by atoms with Gasteiger partial charge in [0.1, 0.15) is 0 Å². The number of nitrogens with zero attached hydrogens (tertiary/aromatic N) is 3. The van der Waals surface area contributed by atoms with Gasteiger partial charge in [0.2, 0.25) is 0 Å². The van der Waals surface area contributed by atoms with Crippen molar-refractivity contribution in [2.24, 2.45) is 0 Å². The molecule has 0 spiro atoms. The van der Waals surface area contributed by atoms with Crippen LogP contribution >= 0.6 is 0 Å². The molecule has 0 unspecified atom stereocenters. The summed E-state index contributed by atoms with van der Waals surface area (Å²) in [5.41, 5.74) is 16.9. The van der Waals surface area contributed by atoms with Crippen molar-refractivity contribution in [1.29, 1.82) is 0 Å². The van der Waals surface area contributed by atoms with E-state index in [9.17, 15) is 0 Å². The van der Waals surface area contributed by atoms with E-state index < -0.39 is 0 Å². The second kappa shape index (κ2) is 12.4. The lowest BCUT2D eigenvalue weighted by Gasteiger charge is -2.12. The Morgan fingerprint density at radius 3 is 1.56 bits per heavy atom. The third-order valence-electron chi connectivity index (χ3n) is 10.2. The fourth-order valence-corrected chi connectivity index (χ4v) is 7.59. The standard InChI is InChI=1S/C49H31N3/c1-2-9-32(10-3-1)33-18-22-35(23-19-33)46-30-47(52-49(51-46)38-12-6-11-37(29-38)39-13-8-28-50-31-39)36-24-20-34(21-25-36)40-26-27-45-42-15-5-4-14-41(42)44-17-7-16-43(40)48(44)45/h1-31H. The second-order valence-corrected chi connectivity index (χ2v) is 13.2. The fraction of sp³-hybridized carbons (Fsp3) is 0. The molecule has 1 aliphatic rings. The van der Waals surface area contributed by atoms with Crippen molar-refractivity contribution in [2.75, 3.05) is 0 Å². The van der Waals surface area contributed by atoms with Gasteiger partial charge in [-0.3, -0.25) is 4.98 Å². The number of rotatable bonds is 6. The van der Waals surface area contributed by atoms with Crippen LogP contribution in [0.2, 0.25) is 0 Å². The number of hydrogen-bond acceptors (Lipinski definition) is 3. The van der Waals surface area contributed by atoms with Gasteiger partial charge in [-0.1, -0.05) is 158 Å². The molecule has 0 saturated heterocycles. The number of aromatic nitrogens is 3. The highest BCUT2D eigenvalue weighted by Gasteiger charge is 2.22. The highest BCUT2D eigenvalue weighted by Crippen LogP contribution is 2.49. The Labute approximate surface area is 302 Å². The van der Waals surface area contributed by atoms with Crippen LogP contribution in [0.1, 0.15) is 0 Å². The Kier molecular flexibility index (Phi) is 7.14. The summed E-state index contributed by atoms with van der Waals surface area (Å²) >= 11 is 0. The van der Waals surface area contributed by atoms with E-state index in [2.05, 4.69) is 169 Å². The maximum absolute atomic E-state index is 5.18. The van der Waals surface area contributed by atoms with Crippen LogP contribution < -0.4 is 0 Å². The fourth-order valence-electron chi connectivity index (χ4n) is 7.59. The highest BCUT2D eigenvalue weighted by molar-refractivity contribution is 6.18. The smallest absolute Gasteiger partial charge is 0.160 e. The summed E-state index contributed by atoms with van der Waals surface area (Å²) in [6.45, 7) is 0. The van der Waals surface area contributed by atoms with Crippen molar-refractivity contribution in [3.8, 4) is 89.5 Å². The molecule has 10 rings (SSSR count). The van der Waals surface area contributed by atoms with Crippen molar-refractivity contribution >= 4 is 10.8 Å². The van der Waals surface area contributed by atoms with Gasteiger partial charge in [-0.15, -0.1) is 0 Å². The zero-order chi connectivity index (χ0) is 34.4. The number of fused-ring (bicyclic) bond motifs is 3. The first-order chi connectivity index (χ1) is 25.8. The third kappa shape index (κ3) is 5.19. The molecule has 242 valence electrons. The lowest BCUT2D eigenvalue weighted by molar-refractivity contribution is 1.18. The van der Waals surface area contributed by atoms with Gasteiger partial charge < -0.3 is 0 Å². The summed E-state index contributed by atoms with van der Waals surface area (Å²) in [6.07, 6.45) is 3.68. The highest BCUT2D eigenvalue weighted by atomic mass is 14.9. The second-order valence-electron chi connectivity index (χ2n) is 13.2. The van der Waals surface area contributed by atoms with Gasteiger partial charge in [-0.05, 0) is 79.0 Å². The van der Waals surface area contributed by atoms with E-state index in [0.29, 0.717) is 5.82 Å². The van der Waals surface area contributed by atoms with Crippen molar-refractivity contribution < 1.29 is 0 Å². The minimum absolute atomic E-state index is 0.682. The average molecular weight is 662 g/mol. The van der Waals surface area contributed by atoms with Crippen molar-refractivity contribution in [1.82, 2.24) is 15.0 Å². The summed E-state index contributed by atoms with van der Waals surface area (Å²) in [6, 6.07) is 62.4. The number of hydrogen-bond donors (Lipinski definition) is 0. The van der Waals surface area contributed by atoms with Crippen LogP contribution in [-0.2, 0) is 0 Å². The van der Waals surface area contributed by atoms with Gasteiger partial charge in [0.15, 0.2) is 5.82 Å². The van der Waals surface area contributed by atoms with Gasteiger partial charge in [0.05, 0.1) is 11.4 Å². The van der Waals surface area contributed by atoms with E-state index in [1.54, 1.807) is 6.20 Å². The van der Waals surface area contributed by atoms with E-state index in [1.165, 1.54) is 55.3 Å². The molecule has 0 amide bonds. The van der Waals surface area contributed by atoms with Crippen LogP contribution in [0.4, 0.5) is 0 Å². The molecule has 0 saturated carbocycles. The van der Waals surface area contributed by atoms with Crippen molar-refractivity contribution in [2.45, 2.75) is 0 Å². The van der Waals surface area contributed by atoms with Crippen LogP contribution in [0.5, 0.6) is 0 Å². The van der Waals surface area contributed by atoms with Crippen LogP contribution in [0.3, 0.4) is 0 Å². The summed E-state index contributed by atoms with van der Waals surface area (Å²) in [5, 5.41) is 2.61. The Hall–Kier alpha value is -6.97. The third-order valence-corrected chi connectivity index (χ3v) is 10.2. The molecule has 0 fully saturated rings. The van der Waals surface area contributed by atoms with Crippen LogP contribution in [0.25, 0.3) is 100 Å². The Morgan fingerprint density at radius 1 is 0.308 bits per heavy atom. The van der Waals surface area contributed by atoms with Gasteiger partial charge in [-0.25, -0.2) is 9.97 Å². The Bertz CT molecular complexity index is 2720. The van der Waals surface area contributed by atoms with Crippen LogP contribution in [0, 0.1) is 0 Å². The van der Waals surface area contributed by atoms with Crippen LogP contribution in [0.15, 0.2) is 188 Å². The maximum Gasteiger partial charge on any atom is 0.160 e. The predicted molar refractivity (Wildman–Crippen MR) is 214 cm³/mol. The van der Waals surface area contributed by atoms with Gasteiger partial charge >= 0.3 is 0 Å². The van der Waals surface area contributed by atoms with E-state index >= 15 is 0 Å². The molecule has 0 atom stereocenters. The number of pyridine rings is 1. The van der Waals surface area contributed by atoms with E-state index in [1.807, 2.05) is 18.3 Å². The zero-order valence-electron chi connectivity index (χ0n) is 28.2. The van der Waals surface area contributed by atoms with E-state index in [4.69, 9.17) is 9.97 Å². The lowest BCUT2D eigenvalue weighted by Crippen LogP contribution is -1.96. The number of benzene rings is 7. The van der Waals surface area contributed by atoms with Crippen molar-refractivity contribution in [3.63, 3.8) is 0 Å². The molecule has 2 aromatic heterocycles. The summed E-state index contributed by atoms with van der Waals surface area (Å²) in [4.78, 5) is 14.7. The summed E-state index contributed by atoms with van der Waals surface area (Å²) in [7, 11) is 0. The Balaban J connectivity index is 1.06. The molecular weight excluding hydrogens is 631 g/mol. The molecule has 0 radical (unpaired) electrons. The van der Waals surface area contributed by atoms with Gasteiger partial charge in [0.25, 0.3) is 0 Å². The topological polar surface area (TPSA) is 38.7 Å². The maximum atomic E-state index is 5.18. The monoisotopic (exact) mass is 661 g/mol. The molecule has 3 nitrogen and oxygen atoms in total. The minimum Gasteiger partial charge on any atom is -0.264 e. The molecule has 7 aromatic carbocycles. The van der Waals surface area contributed by atoms with E-state index in [0.717, 1.165) is 39.2 Å². The molecule has 1 aliphatic carbocycles.